The number of rotatable bonds is 11. The normalized spacial score (nSPS) is 10.9. The number of nitrogens with one attached hydrogen (secondary N) is 2. The molecule has 9 heteroatoms. The SMILES string of the molecule is CCOc1ccc(/C=N/NC(=O)CSc2nnc(CNc3ccccc3)n2-c2ccccc2)cc1. The van der Waals surface area contributed by atoms with E-state index in [1.54, 1.807) is 6.21 Å². The average molecular weight is 487 g/mol. The molecule has 1 heterocycles. The number of hydrogen-bond acceptors (Lipinski definition) is 7. The molecule has 0 saturated carbocycles. The summed E-state index contributed by atoms with van der Waals surface area (Å²) in [6.07, 6.45) is 1.60. The highest BCUT2D eigenvalue weighted by Crippen LogP contribution is 2.22. The quantitative estimate of drug-likeness (QED) is 0.184. The number of hydrazone groups is 1. The highest BCUT2D eigenvalue weighted by atomic mass is 32.2. The first-order valence-corrected chi connectivity index (χ1v) is 12.2. The zero-order valence-corrected chi connectivity index (χ0v) is 20.1. The van der Waals surface area contributed by atoms with Crippen LogP contribution in [0.25, 0.3) is 5.69 Å². The number of carbonyl (C=O) groups is 1. The van der Waals surface area contributed by atoms with Gasteiger partial charge in [0.1, 0.15) is 5.75 Å². The first-order valence-electron chi connectivity index (χ1n) is 11.2. The topological polar surface area (TPSA) is 93.4 Å². The van der Waals surface area contributed by atoms with E-state index in [1.165, 1.54) is 11.8 Å². The van der Waals surface area contributed by atoms with Crippen LogP contribution in [0.4, 0.5) is 5.69 Å². The van der Waals surface area contributed by atoms with Gasteiger partial charge in [0.2, 0.25) is 0 Å². The van der Waals surface area contributed by atoms with Gasteiger partial charge in [-0.2, -0.15) is 5.10 Å². The lowest BCUT2D eigenvalue weighted by atomic mass is 10.2. The van der Waals surface area contributed by atoms with E-state index in [2.05, 4.69) is 26.0 Å². The Morgan fingerprint density at radius 1 is 1.00 bits per heavy atom. The van der Waals surface area contributed by atoms with Crippen molar-refractivity contribution in [3.8, 4) is 11.4 Å². The van der Waals surface area contributed by atoms with E-state index in [1.807, 2.05) is 96.4 Å². The van der Waals surface area contributed by atoms with Gasteiger partial charge in [0.05, 0.1) is 25.1 Å². The van der Waals surface area contributed by atoms with Gasteiger partial charge in [0.25, 0.3) is 5.91 Å². The monoisotopic (exact) mass is 486 g/mol. The zero-order chi connectivity index (χ0) is 24.3. The van der Waals surface area contributed by atoms with Gasteiger partial charge < -0.3 is 10.1 Å². The third-order valence-corrected chi connectivity index (χ3v) is 5.79. The highest BCUT2D eigenvalue weighted by Gasteiger charge is 2.15. The van der Waals surface area contributed by atoms with Crippen LogP contribution < -0.4 is 15.5 Å². The molecule has 178 valence electrons. The molecule has 4 aromatic rings. The van der Waals surface area contributed by atoms with Gasteiger partial charge in [-0.15, -0.1) is 10.2 Å². The Bertz CT molecular complexity index is 1240. The smallest absolute Gasteiger partial charge is 0.250 e. The summed E-state index contributed by atoms with van der Waals surface area (Å²) in [5, 5.41) is 16.7. The van der Waals surface area contributed by atoms with Crippen LogP contribution in [0.2, 0.25) is 0 Å². The largest absolute Gasteiger partial charge is 0.494 e. The number of aromatic nitrogens is 3. The molecule has 0 unspecified atom stereocenters. The minimum absolute atomic E-state index is 0.150. The molecule has 0 spiro atoms. The molecular weight excluding hydrogens is 460 g/mol. The third kappa shape index (κ3) is 6.94. The summed E-state index contributed by atoms with van der Waals surface area (Å²) in [6, 6.07) is 27.2. The van der Waals surface area contributed by atoms with E-state index in [9.17, 15) is 4.79 Å². The number of anilines is 1. The Hall–Kier alpha value is -4.11. The fraction of sp³-hybridized carbons (Fsp3) is 0.154. The van der Waals surface area contributed by atoms with Crippen LogP contribution in [0.15, 0.2) is 95.2 Å². The summed E-state index contributed by atoms with van der Waals surface area (Å²) in [5.41, 5.74) is 5.35. The van der Waals surface area contributed by atoms with E-state index < -0.39 is 0 Å². The summed E-state index contributed by atoms with van der Waals surface area (Å²) in [5.74, 6) is 1.46. The molecule has 4 rings (SSSR count). The minimum atomic E-state index is -0.233. The van der Waals surface area contributed by atoms with Crippen LogP contribution in [0.1, 0.15) is 18.3 Å². The number of carbonyl (C=O) groups excluding carboxylic acids is 1. The first-order chi connectivity index (χ1) is 17.2. The standard InChI is InChI=1S/C26H26N6O2S/c1-2-34-23-15-13-20(14-16-23)17-28-30-25(33)19-35-26-31-29-24(18-27-21-9-5-3-6-10-21)32(26)22-11-7-4-8-12-22/h3-17,27H,2,18-19H2,1H3,(H,30,33)/b28-17+. The van der Waals surface area contributed by atoms with Crippen molar-refractivity contribution >= 4 is 29.6 Å². The number of amides is 1. The van der Waals surface area contributed by atoms with Gasteiger partial charge >= 0.3 is 0 Å². The van der Waals surface area contributed by atoms with Crippen LogP contribution in [0, 0.1) is 0 Å². The summed E-state index contributed by atoms with van der Waals surface area (Å²) >= 11 is 1.31. The lowest BCUT2D eigenvalue weighted by Crippen LogP contribution is -2.20. The molecule has 3 aromatic carbocycles. The summed E-state index contributed by atoms with van der Waals surface area (Å²) in [4.78, 5) is 12.4. The van der Waals surface area contributed by atoms with Gasteiger partial charge in [0, 0.05) is 11.4 Å². The molecule has 0 aliphatic rings. The Balaban J connectivity index is 1.38. The number of nitrogens with zero attached hydrogens (tertiary/aromatic N) is 4. The lowest BCUT2D eigenvalue weighted by molar-refractivity contribution is -0.118. The van der Waals surface area contributed by atoms with Crippen molar-refractivity contribution in [1.82, 2.24) is 20.2 Å². The maximum Gasteiger partial charge on any atom is 0.250 e. The number of hydrogen-bond donors (Lipinski definition) is 2. The molecule has 0 bridgehead atoms. The van der Waals surface area contributed by atoms with Crippen LogP contribution in [0.3, 0.4) is 0 Å². The summed E-state index contributed by atoms with van der Waals surface area (Å²) in [7, 11) is 0. The molecule has 1 amide bonds. The molecule has 1 aromatic heterocycles. The lowest BCUT2D eigenvalue weighted by Gasteiger charge is -2.11. The van der Waals surface area contributed by atoms with Gasteiger partial charge in [-0.1, -0.05) is 48.2 Å². The predicted molar refractivity (Wildman–Crippen MR) is 139 cm³/mol. The molecule has 0 aliphatic heterocycles. The predicted octanol–water partition coefficient (Wildman–Crippen LogP) is 4.52. The minimum Gasteiger partial charge on any atom is -0.494 e. The molecular formula is C26H26N6O2S. The fourth-order valence-corrected chi connectivity index (χ4v) is 4.00. The number of thioether (sulfide) groups is 1. The maximum atomic E-state index is 12.4. The molecule has 0 saturated heterocycles. The van der Waals surface area contributed by atoms with Gasteiger partial charge in [-0.25, -0.2) is 5.43 Å². The highest BCUT2D eigenvalue weighted by molar-refractivity contribution is 7.99. The Morgan fingerprint density at radius 2 is 1.71 bits per heavy atom. The van der Waals surface area contributed by atoms with Crippen LogP contribution in [0.5, 0.6) is 5.75 Å². The van der Waals surface area contributed by atoms with E-state index >= 15 is 0 Å². The first kappa shape index (κ1) is 24.0. The molecule has 0 radical (unpaired) electrons. The van der Waals surface area contributed by atoms with Crippen LogP contribution >= 0.6 is 11.8 Å². The number of ether oxygens (including phenoxy) is 1. The van der Waals surface area contributed by atoms with E-state index in [4.69, 9.17) is 4.74 Å². The summed E-state index contributed by atoms with van der Waals surface area (Å²) < 4.78 is 7.38. The molecule has 2 N–H and O–H groups in total. The molecule has 0 atom stereocenters. The van der Waals surface area contributed by atoms with E-state index in [-0.39, 0.29) is 11.7 Å². The molecule has 0 aliphatic carbocycles. The number of para-hydroxylation sites is 2. The van der Waals surface area contributed by atoms with Crippen LogP contribution in [-0.4, -0.2) is 39.2 Å². The Kier molecular flexibility index (Phi) is 8.50. The van der Waals surface area contributed by atoms with Gasteiger partial charge in [0.15, 0.2) is 11.0 Å². The molecule has 8 nitrogen and oxygen atoms in total. The zero-order valence-electron chi connectivity index (χ0n) is 19.3. The van der Waals surface area contributed by atoms with Crippen molar-refractivity contribution < 1.29 is 9.53 Å². The number of benzene rings is 3. The Morgan fingerprint density at radius 3 is 2.43 bits per heavy atom. The van der Waals surface area contributed by atoms with Crippen molar-refractivity contribution in [1.29, 1.82) is 0 Å². The molecule has 35 heavy (non-hydrogen) atoms. The van der Waals surface area contributed by atoms with Crippen molar-refractivity contribution in [2.75, 3.05) is 17.7 Å². The van der Waals surface area contributed by atoms with Crippen molar-refractivity contribution in [3.63, 3.8) is 0 Å². The maximum absolute atomic E-state index is 12.4. The van der Waals surface area contributed by atoms with E-state index in [0.717, 1.165) is 28.5 Å². The van der Waals surface area contributed by atoms with Crippen molar-refractivity contribution in [3.05, 3.63) is 96.3 Å². The summed E-state index contributed by atoms with van der Waals surface area (Å²) in [6.45, 7) is 3.04. The van der Waals surface area contributed by atoms with E-state index in [0.29, 0.717) is 18.3 Å². The second-order valence-electron chi connectivity index (χ2n) is 7.37. The van der Waals surface area contributed by atoms with Gasteiger partial charge in [-0.3, -0.25) is 9.36 Å². The van der Waals surface area contributed by atoms with Crippen molar-refractivity contribution in [2.24, 2.45) is 5.10 Å². The third-order valence-electron chi connectivity index (χ3n) is 4.87. The second kappa shape index (κ2) is 12.4. The average Bonchev–Trinajstić information content (AvgIpc) is 3.31. The van der Waals surface area contributed by atoms with Crippen molar-refractivity contribution in [2.45, 2.75) is 18.6 Å². The Labute approximate surface area is 208 Å². The van der Waals surface area contributed by atoms with Gasteiger partial charge in [-0.05, 0) is 61.0 Å². The molecule has 0 fully saturated rings. The second-order valence-corrected chi connectivity index (χ2v) is 8.32. The fourth-order valence-electron chi connectivity index (χ4n) is 3.24. The van der Waals surface area contributed by atoms with Crippen LogP contribution in [-0.2, 0) is 11.3 Å².